The molecule has 0 aromatic heterocycles. The van der Waals surface area contributed by atoms with Crippen LogP contribution in [0.25, 0.3) is 0 Å². The van der Waals surface area contributed by atoms with E-state index in [9.17, 15) is 29.1 Å². The fraction of sp³-hybridized carbons (Fsp3) is 0.732. The van der Waals surface area contributed by atoms with Crippen molar-refractivity contribution in [1.82, 2.24) is 25.3 Å². The van der Waals surface area contributed by atoms with E-state index in [4.69, 9.17) is 14.6 Å². The maximum atomic E-state index is 14.3. The number of benzene rings is 1. The molecule has 1 aliphatic carbocycles. The van der Waals surface area contributed by atoms with Gasteiger partial charge in [0.2, 0.25) is 23.6 Å². The lowest BCUT2D eigenvalue weighted by Gasteiger charge is -2.41. The lowest BCUT2D eigenvalue weighted by atomic mass is 9.82. The number of hydrogen-bond acceptors (Lipinski definition) is 9. The van der Waals surface area contributed by atoms with Crippen molar-refractivity contribution in [3.8, 4) is 0 Å². The molecule has 9 atom stereocenters. The summed E-state index contributed by atoms with van der Waals surface area (Å²) in [6.45, 7) is 9.82. The van der Waals surface area contributed by atoms with E-state index in [0.717, 1.165) is 31.2 Å². The van der Waals surface area contributed by atoms with Crippen LogP contribution in [0.4, 0.5) is 10.5 Å². The van der Waals surface area contributed by atoms with Crippen LogP contribution < -0.4 is 16.0 Å². The number of carboxylic acid groups (broad SMARTS) is 1. The number of rotatable bonds is 20. The zero-order chi connectivity index (χ0) is 41.4. The van der Waals surface area contributed by atoms with E-state index in [-0.39, 0.29) is 67.0 Å². The third kappa shape index (κ3) is 10.4. The van der Waals surface area contributed by atoms with Gasteiger partial charge in [0, 0.05) is 39.5 Å². The number of aliphatic hydroxyl groups is 1. The van der Waals surface area contributed by atoms with Crippen molar-refractivity contribution in [2.45, 2.75) is 128 Å². The van der Waals surface area contributed by atoms with Crippen LogP contribution in [0.5, 0.6) is 0 Å². The van der Waals surface area contributed by atoms with E-state index >= 15 is 0 Å². The van der Waals surface area contributed by atoms with E-state index in [1.807, 2.05) is 34.7 Å². The van der Waals surface area contributed by atoms with Crippen LogP contribution in [0.2, 0.25) is 0 Å². The summed E-state index contributed by atoms with van der Waals surface area (Å²) in [6, 6.07) is 4.73. The van der Waals surface area contributed by atoms with E-state index < -0.39 is 42.3 Å². The van der Waals surface area contributed by atoms with E-state index in [0.29, 0.717) is 30.6 Å². The molecule has 0 radical (unpaired) electrons. The van der Waals surface area contributed by atoms with Crippen LogP contribution in [0.15, 0.2) is 24.3 Å². The van der Waals surface area contributed by atoms with Gasteiger partial charge in [0.25, 0.3) is 0 Å². The molecule has 15 heteroatoms. The van der Waals surface area contributed by atoms with Crippen molar-refractivity contribution >= 4 is 35.4 Å². The smallest absolute Gasteiger partial charge is 0.409 e. The van der Waals surface area contributed by atoms with Crippen molar-refractivity contribution < 1.29 is 43.7 Å². The molecule has 56 heavy (non-hydrogen) atoms. The van der Waals surface area contributed by atoms with E-state index in [1.165, 1.54) is 7.11 Å². The van der Waals surface area contributed by atoms with Gasteiger partial charge in [0.15, 0.2) is 0 Å². The Labute approximate surface area is 332 Å². The molecule has 4 fully saturated rings. The third-order valence-corrected chi connectivity index (χ3v) is 12.6. The molecule has 5 N–H and O–H groups in total. The molecule has 2 bridgehead atoms. The highest BCUT2D eigenvalue weighted by Crippen LogP contribution is 2.44. The van der Waals surface area contributed by atoms with Crippen molar-refractivity contribution in [3.05, 3.63) is 29.8 Å². The Morgan fingerprint density at radius 2 is 1.73 bits per heavy atom. The number of hydrogen-bond donors (Lipinski definition) is 5. The average molecular weight is 787 g/mol. The van der Waals surface area contributed by atoms with Gasteiger partial charge in [-0.3, -0.25) is 29.4 Å². The van der Waals surface area contributed by atoms with Gasteiger partial charge in [-0.15, -0.1) is 0 Å². The van der Waals surface area contributed by atoms with Gasteiger partial charge in [-0.25, -0.2) is 4.79 Å². The number of fused-ring (bicyclic) bond motifs is 1. The molecule has 5 amide bonds. The highest BCUT2D eigenvalue weighted by atomic mass is 16.5. The lowest BCUT2D eigenvalue weighted by Crippen LogP contribution is -2.59. The summed E-state index contributed by atoms with van der Waals surface area (Å²) in [4.78, 5) is 72.2. The molecule has 3 aliphatic heterocycles. The third-order valence-electron chi connectivity index (χ3n) is 12.6. The number of ether oxygens (including phenoxy) is 2. The normalized spacial score (nSPS) is 24.3. The molecule has 0 unspecified atom stereocenters. The average Bonchev–Trinajstić information content (AvgIpc) is 3.85. The molecule has 1 saturated carbocycles. The van der Waals surface area contributed by atoms with Gasteiger partial charge in [0.05, 0.1) is 55.3 Å². The standard InChI is InChI=1S/C41H66N6O9/c1-10-24(4)35(46(7)40(52)34(23(2)3)44-39(51)36-27-19-30(20-27)45(36)6)32(55-8)21-33(49)47-16-12-15-31(47)37(56-9)25(5)38(50)42-29(22-48)18-26-13-11-14-28(17-26)43-41(53)54/h11,13-14,17,23-25,27,29-32,34-37,43,48H,10,12,15-16,18-22H2,1-9H3,(H,42,50)(H,44,51)(H,53,54)/t24-,25+,27?,29-,30?,31-,32+,34-,35-,36-,37+/m0/s1. The van der Waals surface area contributed by atoms with Crippen molar-refractivity contribution in [2.75, 3.05) is 46.8 Å². The first-order valence-electron chi connectivity index (χ1n) is 20.2. The number of likely N-dealkylation sites (tertiary alicyclic amines) is 1. The molecule has 5 rings (SSSR count). The Morgan fingerprint density at radius 3 is 2.29 bits per heavy atom. The number of carbonyl (C=O) groups is 5. The minimum absolute atomic E-state index is 0.00760. The largest absolute Gasteiger partial charge is 0.465 e. The lowest BCUT2D eigenvalue weighted by molar-refractivity contribution is -0.148. The van der Waals surface area contributed by atoms with Crippen molar-refractivity contribution in [2.24, 2.45) is 23.7 Å². The van der Waals surface area contributed by atoms with Crippen molar-refractivity contribution in [1.29, 1.82) is 0 Å². The second-order valence-electron chi connectivity index (χ2n) is 16.5. The second kappa shape index (κ2) is 20.1. The Kier molecular flexibility index (Phi) is 16.1. The van der Waals surface area contributed by atoms with Gasteiger partial charge in [-0.2, -0.15) is 0 Å². The highest BCUT2D eigenvalue weighted by Gasteiger charge is 2.52. The molecular formula is C41H66N6O9. The molecule has 1 aromatic carbocycles. The first kappa shape index (κ1) is 44.9. The first-order chi connectivity index (χ1) is 26.6. The zero-order valence-electron chi connectivity index (χ0n) is 34.7. The van der Waals surface area contributed by atoms with Crippen LogP contribution in [-0.4, -0.2) is 145 Å². The highest BCUT2D eigenvalue weighted by molar-refractivity contribution is 5.91. The first-order valence-corrected chi connectivity index (χ1v) is 20.2. The topological polar surface area (TPSA) is 190 Å². The van der Waals surface area contributed by atoms with Gasteiger partial charge < -0.3 is 40.1 Å². The summed E-state index contributed by atoms with van der Waals surface area (Å²) in [5, 5.41) is 27.5. The molecule has 0 spiro atoms. The maximum absolute atomic E-state index is 14.3. The van der Waals surface area contributed by atoms with Crippen LogP contribution in [0.1, 0.15) is 78.7 Å². The Morgan fingerprint density at radius 1 is 1.04 bits per heavy atom. The minimum Gasteiger partial charge on any atom is -0.465 e. The predicted molar refractivity (Wildman–Crippen MR) is 212 cm³/mol. The Balaban J connectivity index is 1.43. The second-order valence-corrected chi connectivity index (χ2v) is 16.5. The van der Waals surface area contributed by atoms with Crippen LogP contribution in [0.3, 0.4) is 0 Å². The zero-order valence-corrected chi connectivity index (χ0v) is 34.7. The maximum Gasteiger partial charge on any atom is 0.409 e. The fourth-order valence-electron chi connectivity index (χ4n) is 9.13. The summed E-state index contributed by atoms with van der Waals surface area (Å²) >= 11 is 0. The Bertz CT molecular complexity index is 1520. The number of nitrogens with one attached hydrogen (secondary N) is 3. The molecule has 1 aromatic rings. The molecule has 15 nitrogen and oxygen atoms in total. The molecule has 3 saturated heterocycles. The van der Waals surface area contributed by atoms with Crippen LogP contribution in [0, 0.1) is 23.7 Å². The number of nitrogens with zero attached hydrogens (tertiary/aromatic N) is 3. The molecular weight excluding hydrogens is 720 g/mol. The minimum atomic E-state index is -1.19. The molecule has 3 heterocycles. The summed E-state index contributed by atoms with van der Waals surface area (Å²) in [5.74, 6) is -1.38. The molecule has 4 aliphatic rings. The van der Waals surface area contributed by atoms with E-state index in [2.05, 4.69) is 20.9 Å². The SMILES string of the molecule is CC[C@H](C)[C@@H]([C@@H](CC(=O)N1CCC[C@H]1[C@H](OC)[C@@H](C)C(=O)N[C@H](CO)Cc1cccc(NC(=O)O)c1)OC)N(C)C(=O)[C@@H](NC(=O)[C@@H]1C2CC(C2)N1C)C(C)C. The molecule has 314 valence electrons. The summed E-state index contributed by atoms with van der Waals surface area (Å²) in [5.41, 5.74) is 1.11. The number of aliphatic hydroxyl groups excluding tert-OH is 1. The van der Waals surface area contributed by atoms with E-state index in [1.54, 1.807) is 55.1 Å². The van der Waals surface area contributed by atoms with Crippen LogP contribution in [-0.2, 0) is 35.1 Å². The summed E-state index contributed by atoms with van der Waals surface area (Å²) in [6.07, 6.45) is 1.93. The van der Waals surface area contributed by atoms with Crippen LogP contribution >= 0.6 is 0 Å². The number of amides is 5. The summed E-state index contributed by atoms with van der Waals surface area (Å²) in [7, 11) is 6.79. The fourth-order valence-corrected chi connectivity index (χ4v) is 9.13. The quantitative estimate of drug-likeness (QED) is 0.132. The van der Waals surface area contributed by atoms with Gasteiger partial charge >= 0.3 is 6.09 Å². The van der Waals surface area contributed by atoms with Gasteiger partial charge in [-0.05, 0) is 74.6 Å². The number of methoxy groups -OCH3 is 2. The number of carbonyl (C=O) groups excluding carboxylic acids is 4. The predicted octanol–water partition coefficient (Wildman–Crippen LogP) is 2.95. The Hall–Kier alpha value is -3.79. The van der Waals surface area contributed by atoms with Gasteiger partial charge in [0.1, 0.15) is 6.04 Å². The van der Waals surface area contributed by atoms with Crippen molar-refractivity contribution in [3.63, 3.8) is 0 Å². The van der Waals surface area contributed by atoms with Gasteiger partial charge in [-0.1, -0.05) is 53.2 Å². The summed E-state index contributed by atoms with van der Waals surface area (Å²) < 4.78 is 11.9. The monoisotopic (exact) mass is 786 g/mol. The number of likely N-dealkylation sites (N-methyl/N-ethyl adjacent to an activating group) is 2. The number of anilines is 1.